The van der Waals surface area contributed by atoms with Gasteiger partial charge < -0.3 is 10.4 Å². The number of rotatable bonds is 4. The van der Waals surface area contributed by atoms with E-state index in [0.717, 1.165) is 37.9 Å². The molecule has 1 aromatic rings. The van der Waals surface area contributed by atoms with Crippen molar-refractivity contribution in [2.45, 2.75) is 38.1 Å². The number of aliphatic hydroxyl groups excluding tert-OH is 1. The van der Waals surface area contributed by atoms with Crippen LogP contribution < -0.4 is 5.32 Å². The summed E-state index contributed by atoms with van der Waals surface area (Å²) in [6.45, 7) is 3.33. The zero-order chi connectivity index (χ0) is 11.6. The van der Waals surface area contributed by atoms with Gasteiger partial charge in [-0.1, -0.05) is 6.92 Å². The Hall–Kier alpha value is -0.870. The van der Waals surface area contributed by atoms with Crippen LogP contribution in [0.4, 0.5) is 0 Å². The van der Waals surface area contributed by atoms with Crippen LogP contribution in [0.25, 0.3) is 0 Å². The van der Waals surface area contributed by atoms with Crippen molar-refractivity contribution in [1.29, 1.82) is 0 Å². The Bertz CT molecular complexity index is 353. The minimum atomic E-state index is -0.112. The summed E-state index contributed by atoms with van der Waals surface area (Å²) < 4.78 is 1.94. The fourth-order valence-electron chi connectivity index (χ4n) is 2.47. The average Bonchev–Trinajstić information content (AvgIpc) is 2.88. The molecule has 1 aliphatic rings. The molecule has 2 heterocycles. The molecule has 90 valence electrons. The normalized spacial score (nSPS) is 25.2. The van der Waals surface area contributed by atoms with Crippen LogP contribution in [0.5, 0.6) is 0 Å². The molecule has 2 rings (SSSR count). The molecule has 1 aromatic heterocycles. The quantitative estimate of drug-likeness (QED) is 0.787. The molecule has 1 unspecified atom stereocenters. The van der Waals surface area contributed by atoms with Gasteiger partial charge in [0, 0.05) is 24.7 Å². The van der Waals surface area contributed by atoms with Gasteiger partial charge in [-0.3, -0.25) is 4.68 Å². The van der Waals surface area contributed by atoms with E-state index >= 15 is 0 Å². The van der Waals surface area contributed by atoms with Crippen molar-refractivity contribution in [3.05, 3.63) is 17.5 Å². The monoisotopic (exact) mass is 223 g/mol. The number of hydrogen-bond acceptors (Lipinski definition) is 3. The van der Waals surface area contributed by atoms with Gasteiger partial charge in [0.15, 0.2) is 0 Å². The molecule has 1 fully saturated rings. The Morgan fingerprint density at radius 3 is 2.94 bits per heavy atom. The Morgan fingerprint density at radius 2 is 2.44 bits per heavy atom. The molecule has 16 heavy (non-hydrogen) atoms. The molecule has 0 aromatic carbocycles. The maximum atomic E-state index is 9.54. The second-order valence-electron chi connectivity index (χ2n) is 4.75. The Kier molecular flexibility index (Phi) is 3.30. The first-order valence-corrected chi connectivity index (χ1v) is 6.07. The minimum Gasteiger partial charge on any atom is -0.394 e. The van der Waals surface area contributed by atoms with Gasteiger partial charge in [0.05, 0.1) is 12.3 Å². The molecule has 0 spiro atoms. The van der Waals surface area contributed by atoms with Gasteiger partial charge in [0.25, 0.3) is 0 Å². The van der Waals surface area contributed by atoms with Crippen LogP contribution in [0.15, 0.2) is 6.07 Å². The predicted molar refractivity (Wildman–Crippen MR) is 63.3 cm³/mol. The molecule has 1 aliphatic heterocycles. The summed E-state index contributed by atoms with van der Waals surface area (Å²) in [4.78, 5) is 0. The van der Waals surface area contributed by atoms with Crippen molar-refractivity contribution < 1.29 is 5.11 Å². The molecule has 4 heteroatoms. The van der Waals surface area contributed by atoms with Gasteiger partial charge in [0.1, 0.15) is 0 Å². The van der Waals surface area contributed by atoms with Gasteiger partial charge in [-0.25, -0.2) is 0 Å². The fourth-order valence-corrected chi connectivity index (χ4v) is 2.47. The van der Waals surface area contributed by atoms with E-state index in [2.05, 4.69) is 23.4 Å². The predicted octanol–water partition coefficient (Wildman–Crippen LogP) is 0.639. The average molecular weight is 223 g/mol. The lowest BCUT2D eigenvalue weighted by molar-refractivity contribution is 0.175. The van der Waals surface area contributed by atoms with E-state index < -0.39 is 0 Å². The molecule has 0 radical (unpaired) electrons. The molecular weight excluding hydrogens is 202 g/mol. The smallest absolute Gasteiger partial charge is 0.0624 e. The Morgan fingerprint density at radius 1 is 1.62 bits per heavy atom. The minimum absolute atomic E-state index is 0.112. The number of hydrogen-bond donors (Lipinski definition) is 2. The molecule has 1 atom stereocenters. The van der Waals surface area contributed by atoms with E-state index in [1.165, 1.54) is 5.69 Å². The molecule has 4 nitrogen and oxygen atoms in total. The molecule has 0 saturated carbocycles. The van der Waals surface area contributed by atoms with Crippen LogP contribution in [-0.4, -0.2) is 33.6 Å². The number of aryl methyl sites for hydroxylation is 2. The maximum Gasteiger partial charge on any atom is 0.0624 e. The van der Waals surface area contributed by atoms with E-state index in [9.17, 15) is 5.11 Å². The van der Waals surface area contributed by atoms with Gasteiger partial charge in [-0.2, -0.15) is 5.10 Å². The molecule has 0 bridgehead atoms. The largest absolute Gasteiger partial charge is 0.394 e. The highest BCUT2D eigenvalue weighted by atomic mass is 16.3. The second kappa shape index (κ2) is 4.55. The van der Waals surface area contributed by atoms with Crippen molar-refractivity contribution in [1.82, 2.24) is 15.1 Å². The lowest BCUT2D eigenvalue weighted by Gasteiger charge is -2.26. The SMILES string of the molecule is CCc1cc(CC2(CO)CCCN2)n(C)n1. The van der Waals surface area contributed by atoms with E-state index in [0.29, 0.717) is 0 Å². The third kappa shape index (κ3) is 2.13. The fraction of sp³-hybridized carbons (Fsp3) is 0.750. The van der Waals surface area contributed by atoms with Crippen LogP contribution in [0, 0.1) is 0 Å². The van der Waals surface area contributed by atoms with Crippen molar-refractivity contribution in [3.8, 4) is 0 Å². The van der Waals surface area contributed by atoms with Crippen molar-refractivity contribution in [3.63, 3.8) is 0 Å². The van der Waals surface area contributed by atoms with Crippen molar-refractivity contribution >= 4 is 0 Å². The maximum absolute atomic E-state index is 9.54. The summed E-state index contributed by atoms with van der Waals surface area (Å²) in [6, 6.07) is 2.15. The van der Waals surface area contributed by atoms with Gasteiger partial charge >= 0.3 is 0 Å². The molecule has 2 N–H and O–H groups in total. The summed E-state index contributed by atoms with van der Waals surface area (Å²) in [5.41, 5.74) is 2.22. The first kappa shape index (κ1) is 11.6. The van der Waals surface area contributed by atoms with Crippen LogP contribution in [0.1, 0.15) is 31.2 Å². The summed E-state index contributed by atoms with van der Waals surface area (Å²) >= 11 is 0. The summed E-state index contributed by atoms with van der Waals surface area (Å²) in [5.74, 6) is 0. The van der Waals surface area contributed by atoms with Crippen LogP contribution in [0.3, 0.4) is 0 Å². The molecule has 1 saturated heterocycles. The lowest BCUT2D eigenvalue weighted by Crippen LogP contribution is -2.45. The van der Waals surface area contributed by atoms with Gasteiger partial charge in [-0.05, 0) is 31.9 Å². The topological polar surface area (TPSA) is 50.1 Å². The first-order valence-electron chi connectivity index (χ1n) is 6.07. The summed E-state index contributed by atoms with van der Waals surface area (Å²) in [5, 5.41) is 17.4. The second-order valence-corrected chi connectivity index (χ2v) is 4.75. The zero-order valence-electron chi connectivity index (χ0n) is 10.2. The first-order chi connectivity index (χ1) is 7.69. The van der Waals surface area contributed by atoms with E-state index in [1.54, 1.807) is 0 Å². The van der Waals surface area contributed by atoms with Crippen molar-refractivity contribution in [2.75, 3.05) is 13.2 Å². The van der Waals surface area contributed by atoms with E-state index in [1.807, 2.05) is 11.7 Å². The van der Waals surface area contributed by atoms with E-state index in [-0.39, 0.29) is 12.1 Å². The zero-order valence-corrected chi connectivity index (χ0v) is 10.2. The number of aliphatic hydroxyl groups is 1. The van der Waals surface area contributed by atoms with Gasteiger partial charge in [-0.15, -0.1) is 0 Å². The molecule has 0 aliphatic carbocycles. The highest BCUT2D eigenvalue weighted by molar-refractivity contribution is 5.14. The van der Waals surface area contributed by atoms with E-state index in [4.69, 9.17) is 0 Å². The third-order valence-corrected chi connectivity index (χ3v) is 3.54. The number of aromatic nitrogens is 2. The van der Waals surface area contributed by atoms with Crippen LogP contribution in [-0.2, 0) is 19.9 Å². The third-order valence-electron chi connectivity index (χ3n) is 3.54. The highest BCUT2D eigenvalue weighted by Crippen LogP contribution is 2.23. The highest BCUT2D eigenvalue weighted by Gasteiger charge is 2.33. The Labute approximate surface area is 96.7 Å². The summed E-state index contributed by atoms with van der Waals surface area (Å²) in [7, 11) is 1.98. The lowest BCUT2D eigenvalue weighted by atomic mass is 9.92. The van der Waals surface area contributed by atoms with Crippen LogP contribution in [0.2, 0.25) is 0 Å². The standard InChI is InChI=1S/C12H21N3O/c1-3-10-7-11(15(2)14-10)8-12(9-16)5-4-6-13-12/h7,13,16H,3-6,8-9H2,1-2H3. The Balaban J connectivity index is 2.15. The van der Waals surface area contributed by atoms with Crippen LogP contribution >= 0.6 is 0 Å². The number of nitrogens with one attached hydrogen (secondary N) is 1. The number of nitrogens with zero attached hydrogens (tertiary/aromatic N) is 2. The summed E-state index contributed by atoms with van der Waals surface area (Å²) in [6.07, 6.45) is 4.04. The molecular formula is C12H21N3O. The molecule has 0 amide bonds. The van der Waals surface area contributed by atoms with Crippen molar-refractivity contribution in [2.24, 2.45) is 7.05 Å². The van der Waals surface area contributed by atoms with Gasteiger partial charge in [0.2, 0.25) is 0 Å².